The Kier molecular flexibility index (Phi) is 4.67. The number of ether oxygens (including phenoxy) is 1. The molecule has 19 heavy (non-hydrogen) atoms. The van der Waals surface area contributed by atoms with E-state index in [2.05, 4.69) is 26.8 Å². The fraction of sp³-hybridized carbons (Fsp3) is 0.333. The van der Waals surface area contributed by atoms with Crippen molar-refractivity contribution in [1.82, 2.24) is 9.97 Å². The normalized spacial score (nSPS) is 10.5. The maximum absolute atomic E-state index is 5.42. The molecule has 2 aromatic rings. The molecule has 3 N–H and O–H groups in total. The van der Waals surface area contributed by atoms with Crippen molar-refractivity contribution >= 4 is 23.0 Å². The first-order valence-electron chi connectivity index (χ1n) is 5.80. The van der Waals surface area contributed by atoms with Gasteiger partial charge < -0.3 is 15.1 Å². The molecule has 0 aliphatic rings. The van der Waals surface area contributed by atoms with Crippen LogP contribution < -0.4 is 16.2 Å². The van der Waals surface area contributed by atoms with Crippen molar-refractivity contribution in [3.63, 3.8) is 0 Å². The summed E-state index contributed by atoms with van der Waals surface area (Å²) in [6.45, 7) is 1.15. The Morgan fingerprint density at radius 3 is 2.95 bits per heavy atom. The summed E-state index contributed by atoms with van der Waals surface area (Å²) in [6.07, 6.45) is 0. The van der Waals surface area contributed by atoms with E-state index in [1.807, 2.05) is 24.1 Å². The minimum atomic E-state index is 0.357. The summed E-state index contributed by atoms with van der Waals surface area (Å²) in [5, 5.41) is 2.06. The summed E-state index contributed by atoms with van der Waals surface area (Å²) in [5.74, 6) is 7.41. The molecule has 102 valence electrons. The lowest BCUT2D eigenvalue weighted by Gasteiger charge is -2.18. The molecule has 0 amide bonds. The highest BCUT2D eigenvalue weighted by atomic mass is 32.1. The minimum absolute atomic E-state index is 0.357. The molecule has 0 aliphatic heterocycles. The average molecular weight is 279 g/mol. The van der Waals surface area contributed by atoms with E-state index >= 15 is 0 Å². The zero-order valence-corrected chi connectivity index (χ0v) is 11.8. The van der Waals surface area contributed by atoms with Gasteiger partial charge in [-0.15, -0.1) is 11.3 Å². The van der Waals surface area contributed by atoms with Crippen LogP contribution in [0.1, 0.15) is 10.7 Å². The monoisotopic (exact) mass is 279 g/mol. The second kappa shape index (κ2) is 6.46. The molecule has 0 radical (unpaired) electrons. The van der Waals surface area contributed by atoms with E-state index in [0.717, 1.165) is 12.4 Å². The first-order chi connectivity index (χ1) is 9.22. The predicted octanol–water partition coefficient (Wildman–Crippen LogP) is 1.61. The van der Waals surface area contributed by atoms with Gasteiger partial charge in [0.25, 0.3) is 0 Å². The molecule has 0 saturated carbocycles. The molecule has 2 aromatic heterocycles. The lowest BCUT2D eigenvalue weighted by atomic mass is 10.4. The van der Waals surface area contributed by atoms with Gasteiger partial charge >= 0.3 is 0 Å². The molecule has 6 nitrogen and oxygen atoms in total. The Labute approximate surface area is 116 Å². The number of rotatable bonds is 6. The van der Waals surface area contributed by atoms with Crippen molar-refractivity contribution < 1.29 is 4.74 Å². The van der Waals surface area contributed by atoms with Gasteiger partial charge in [0, 0.05) is 25.1 Å². The second-order valence-corrected chi connectivity index (χ2v) is 5.07. The van der Waals surface area contributed by atoms with Gasteiger partial charge in [0.2, 0.25) is 0 Å². The van der Waals surface area contributed by atoms with Crippen LogP contribution >= 0.6 is 11.3 Å². The molecule has 0 spiro atoms. The Morgan fingerprint density at radius 1 is 1.47 bits per heavy atom. The molecule has 0 aromatic carbocycles. The van der Waals surface area contributed by atoms with Crippen molar-refractivity contribution in [3.05, 3.63) is 34.3 Å². The van der Waals surface area contributed by atoms with Crippen molar-refractivity contribution in [2.45, 2.75) is 13.2 Å². The van der Waals surface area contributed by atoms with Gasteiger partial charge in [-0.1, -0.05) is 6.07 Å². The molecule has 0 unspecified atom stereocenters. The second-order valence-electron chi connectivity index (χ2n) is 4.04. The zero-order chi connectivity index (χ0) is 13.7. The molecule has 0 atom stereocenters. The molecular weight excluding hydrogens is 262 g/mol. The molecule has 0 saturated heterocycles. The van der Waals surface area contributed by atoms with Crippen molar-refractivity contribution in [1.29, 1.82) is 0 Å². The van der Waals surface area contributed by atoms with E-state index in [-0.39, 0.29) is 0 Å². The van der Waals surface area contributed by atoms with E-state index in [1.54, 1.807) is 18.4 Å². The summed E-state index contributed by atoms with van der Waals surface area (Å²) < 4.78 is 5.06. The number of nitrogens with two attached hydrogens (primary N) is 1. The third-order valence-electron chi connectivity index (χ3n) is 2.54. The largest absolute Gasteiger partial charge is 0.377 e. The molecular formula is C12H17N5OS. The maximum atomic E-state index is 5.42. The Hall–Kier alpha value is -1.70. The van der Waals surface area contributed by atoms with Crippen LogP contribution in [0.3, 0.4) is 0 Å². The van der Waals surface area contributed by atoms with Gasteiger partial charge in [0.15, 0.2) is 5.82 Å². The first kappa shape index (κ1) is 13.7. The average Bonchev–Trinajstić information content (AvgIpc) is 2.91. The first-order valence-corrected chi connectivity index (χ1v) is 6.68. The number of hydrazine groups is 1. The highest BCUT2D eigenvalue weighted by Crippen LogP contribution is 2.18. The van der Waals surface area contributed by atoms with Crippen LogP contribution in [-0.2, 0) is 17.9 Å². The smallest absolute Gasteiger partial charge is 0.158 e. The van der Waals surface area contributed by atoms with Crippen LogP contribution in [-0.4, -0.2) is 24.1 Å². The van der Waals surface area contributed by atoms with E-state index in [9.17, 15) is 0 Å². The Morgan fingerprint density at radius 2 is 2.32 bits per heavy atom. The molecule has 2 heterocycles. The van der Waals surface area contributed by atoms with Gasteiger partial charge in [0.05, 0.1) is 6.54 Å². The predicted molar refractivity (Wildman–Crippen MR) is 77.0 cm³/mol. The van der Waals surface area contributed by atoms with E-state index in [0.29, 0.717) is 18.2 Å². The lowest BCUT2D eigenvalue weighted by molar-refractivity contribution is 0.178. The molecule has 0 bridgehead atoms. The molecule has 0 fully saturated rings. The topological polar surface area (TPSA) is 76.3 Å². The number of anilines is 2. The number of nitrogens with one attached hydrogen (secondary N) is 1. The van der Waals surface area contributed by atoms with Gasteiger partial charge in [0.1, 0.15) is 18.2 Å². The Bertz CT molecular complexity index is 517. The number of aromatic nitrogens is 2. The lowest BCUT2D eigenvalue weighted by Crippen LogP contribution is -2.19. The molecule has 2 rings (SSSR count). The summed E-state index contributed by atoms with van der Waals surface area (Å²) in [6, 6.07) is 5.95. The standard InChI is InChI=1S/C12H17N5OS/c1-17(7-9-4-3-5-19-9)12-6-10(16-13)14-11(15-12)8-18-2/h3-6H,7-8,13H2,1-2H3,(H,14,15,16). The highest BCUT2D eigenvalue weighted by Gasteiger charge is 2.09. The highest BCUT2D eigenvalue weighted by molar-refractivity contribution is 7.09. The summed E-state index contributed by atoms with van der Waals surface area (Å²) in [5.41, 5.74) is 2.55. The van der Waals surface area contributed by atoms with Crippen LogP contribution in [0.4, 0.5) is 11.6 Å². The number of thiophene rings is 1. The number of hydrogen-bond acceptors (Lipinski definition) is 7. The van der Waals surface area contributed by atoms with Gasteiger partial charge in [-0.05, 0) is 11.4 Å². The van der Waals surface area contributed by atoms with Crippen molar-refractivity contribution in [2.75, 3.05) is 24.5 Å². The fourth-order valence-corrected chi connectivity index (χ4v) is 2.42. The number of hydrogen-bond donors (Lipinski definition) is 2. The number of nitrogens with zero attached hydrogens (tertiary/aromatic N) is 3. The summed E-state index contributed by atoms with van der Waals surface area (Å²) in [4.78, 5) is 12.0. The minimum Gasteiger partial charge on any atom is -0.377 e. The van der Waals surface area contributed by atoms with E-state index < -0.39 is 0 Å². The fourth-order valence-electron chi connectivity index (χ4n) is 1.66. The third-order valence-corrected chi connectivity index (χ3v) is 3.41. The van der Waals surface area contributed by atoms with Crippen LogP contribution in [0.15, 0.2) is 23.6 Å². The van der Waals surface area contributed by atoms with E-state index in [4.69, 9.17) is 10.6 Å². The molecule has 0 aliphatic carbocycles. The van der Waals surface area contributed by atoms with Crippen LogP contribution in [0.5, 0.6) is 0 Å². The SMILES string of the molecule is COCc1nc(NN)cc(N(C)Cc2cccs2)n1. The van der Waals surface area contributed by atoms with Gasteiger partial charge in [-0.2, -0.15) is 0 Å². The van der Waals surface area contributed by atoms with Gasteiger partial charge in [-0.3, -0.25) is 0 Å². The van der Waals surface area contributed by atoms with Gasteiger partial charge in [-0.25, -0.2) is 15.8 Å². The quantitative estimate of drug-likeness (QED) is 0.618. The van der Waals surface area contributed by atoms with Crippen LogP contribution in [0.25, 0.3) is 0 Å². The number of methoxy groups -OCH3 is 1. The molecule has 7 heteroatoms. The van der Waals surface area contributed by atoms with Crippen molar-refractivity contribution in [2.24, 2.45) is 5.84 Å². The number of nitrogen functional groups attached to an aromatic ring is 1. The summed E-state index contributed by atoms with van der Waals surface area (Å²) in [7, 11) is 3.60. The van der Waals surface area contributed by atoms with Crippen LogP contribution in [0, 0.1) is 0 Å². The third kappa shape index (κ3) is 3.63. The maximum Gasteiger partial charge on any atom is 0.158 e. The van der Waals surface area contributed by atoms with Crippen molar-refractivity contribution in [3.8, 4) is 0 Å². The van der Waals surface area contributed by atoms with Crippen LogP contribution in [0.2, 0.25) is 0 Å². The summed E-state index contributed by atoms with van der Waals surface area (Å²) >= 11 is 1.72. The Balaban J connectivity index is 2.19. The zero-order valence-electron chi connectivity index (χ0n) is 11.0. The van der Waals surface area contributed by atoms with E-state index in [1.165, 1.54) is 4.88 Å².